The Hall–Kier alpha value is -1.10. The summed E-state index contributed by atoms with van der Waals surface area (Å²) < 4.78 is 0. The fourth-order valence-corrected chi connectivity index (χ4v) is 1.69. The lowest BCUT2D eigenvalue weighted by molar-refractivity contribution is -0.136. The Balaban J connectivity index is 2.29. The minimum Gasteiger partial charge on any atom is -0.356 e. The molecule has 5 heteroatoms. The lowest BCUT2D eigenvalue weighted by atomic mass is 10.1. The van der Waals surface area contributed by atoms with Gasteiger partial charge in [0.15, 0.2) is 0 Å². The van der Waals surface area contributed by atoms with Crippen LogP contribution in [0.1, 0.15) is 26.2 Å². The largest absolute Gasteiger partial charge is 0.356 e. The molecule has 0 aliphatic carbocycles. The van der Waals surface area contributed by atoms with Crippen LogP contribution >= 0.6 is 0 Å². The zero-order valence-electron chi connectivity index (χ0n) is 10.1. The zero-order chi connectivity index (χ0) is 12.0. The summed E-state index contributed by atoms with van der Waals surface area (Å²) in [6, 6.07) is -0.347. The molecule has 0 saturated carbocycles. The summed E-state index contributed by atoms with van der Waals surface area (Å²) in [6.07, 6.45) is 2.29. The standard InChI is InChI=1S/C11H21N3O2/c1-3-4-5-13-10(15)8-9-11(16)14(2)7-6-12-9/h9,12H,3-8H2,1-2H3,(H,13,15). The normalized spacial score (nSPS) is 21.0. The monoisotopic (exact) mass is 227 g/mol. The molecule has 0 aromatic rings. The van der Waals surface area contributed by atoms with E-state index in [1.165, 1.54) is 0 Å². The van der Waals surface area contributed by atoms with E-state index in [2.05, 4.69) is 17.6 Å². The molecule has 1 aliphatic rings. The highest BCUT2D eigenvalue weighted by Crippen LogP contribution is 2.02. The van der Waals surface area contributed by atoms with Crippen molar-refractivity contribution < 1.29 is 9.59 Å². The highest BCUT2D eigenvalue weighted by molar-refractivity contribution is 5.88. The molecule has 2 N–H and O–H groups in total. The Morgan fingerprint density at radius 3 is 3.06 bits per heavy atom. The molecule has 1 atom stereocenters. The molecule has 1 rings (SSSR count). The molecule has 0 spiro atoms. The second-order valence-corrected chi connectivity index (χ2v) is 4.17. The van der Waals surface area contributed by atoms with Crippen LogP contribution in [-0.2, 0) is 9.59 Å². The number of likely N-dealkylation sites (N-methyl/N-ethyl adjacent to an activating group) is 1. The van der Waals surface area contributed by atoms with Gasteiger partial charge in [0.2, 0.25) is 11.8 Å². The quantitative estimate of drug-likeness (QED) is 0.635. The zero-order valence-corrected chi connectivity index (χ0v) is 10.1. The van der Waals surface area contributed by atoms with Crippen molar-refractivity contribution in [3.8, 4) is 0 Å². The summed E-state index contributed by atoms with van der Waals surface area (Å²) in [5.74, 6) is -0.0357. The Kier molecular flexibility index (Phi) is 5.25. The summed E-state index contributed by atoms with van der Waals surface area (Å²) in [5, 5.41) is 5.89. The van der Waals surface area contributed by atoms with Gasteiger partial charge in [0.1, 0.15) is 0 Å². The average Bonchev–Trinajstić information content (AvgIpc) is 2.25. The number of amides is 2. The second-order valence-electron chi connectivity index (χ2n) is 4.17. The number of carbonyl (C=O) groups is 2. The van der Waals surface area contributed by atoms with Gasteiger partial charge in [-0.15, -0.1) is 0 Å². The maximum absolute atomic E-state index is 11.7. The lowest BCUT2D eigenvalue weighted by Crippen LogP contribution is -2.54. The highest BCUT2D eigenvalue weighted by Gasteiger charge is 2.27. The predicted octanol–water partition coefficient (Wildman–Crippen LogP) is -0.277. The molecule has 16 heavy (non-hydrogen) atoms. The molecule has 5 nitrogen and oxygen atoms in total. The molecule has 1 fully saturated rings. The highest BCUT2D eigenvalue weighted by atomic mass is 16.2. The van der Waals surface area contributed by atoms with Crippen molar-refractivity contribution in [2.24, 2.45) is 0 Å². The van der Waals surface area contributed by atoms with E-state index >= 15 is 0 Å². The maximum atomic E-state index is 11.7. The van der Waals surface area contributed by atoms with Crippen molar-refractivity contribution in [2.75, 3.05) is 26.7 Å². The van der Waals surface area contributed by atoms with E-state index in [1.54, 1.807) is 11.9 Å². The number of hydrogen-bond acceptors (Lipinski definition) is 3. The van der Waals surface area contributed by atoms with Gasteiger partial charge in [-0.05, 0) is 6.42 Å². The number of nitrogens with zero attached hydrogens (tertiary/aromatic N) is 1. The van der Waals surface area contributed by atoms with E-state index in [1.807, 2.05) is 0 Å². The number of rotatable bonds is 5. The average molecular weight is 227 g/mol. The SMILES string of the molecule is CCCCNC(=O)CC1NCCN(C)C1=O. The molecule has 1 heterocycles. The Morgan fingerprint density at radius 1 is 1.62 bits per heavy atom. The first kappa shape index (κ1) is 13.0. The molecule has 1 saturated heterocycles. The Bertz CT molecular complexity index is 256. The molecular formula is C11H21N3O2. The smallest absolute Gasteiger partial charge is 0.240 e. The molecule has 0 aromatic carbocycles. The maximum Gasteiger partial charge on any atom is 0.240 e. The van der Waals surface area contributed by atoms with Gasteiger partial charge in [-0.25, -0.2) is 0 Å². The van der Waals surface area contributed by atoms with E-state index in [0.29, 0.717) is 13.1 Å². The van der Waals surface area contributed by atoms with Gasteiger partial charge in [-0.1, -0.05) is 13.3 Å². The van der Waals surface area contributed by atoms with Crippen molar-refractivity contribution in [1.82, 2.24) is 15.5 Å². The first-order chi connectivity index (χ1) is 7.65. The van der Waals surface area contributed by atoms with Crippen molar-refractivity contribution >= 4 is 11.8 Å². The molecule has 2 amide bonds. The first-order valence-electron chi connectivity index (χ1n) is 5.90. The number of piperazine rings is 1. The molecular weight excluding hydrogens is 206 g/mol. The van der Waals surface area contributed by atoms with Crippen LogP contribution in [0.2, 0.25) is 0 Å². The fraction of sp³-hybridized carbons (Fsp3) is 0.818. The van der Waals surface area contributed by atoms with Gasteiger partial charge in [0.05, 0.1) is 12.5 Å². The third kappa shape index (κ3) is 3.81. The van der Waals surface area contributed by atoms with E-state index in [4.69, 9.17) is 0 Å². The van der Waals surface area contributed by atoms with Crippen LogP contribution < -0.4 is 10.6 Å². The van der Waals surface area contributed by atoms with E-state index in [9.17, 15) is 9.59 Å². The summed E-state index contributed by atoms with van der Waals surface area (Å²) in [6.45, 7) is 4.25. The van der Waals surface area contributed by atoms with Crippen LogP contribution in [-0.4, -0.2) is 49.4 Å². The van der Waals surface area contributed by atoms with Crippen LogP contribution in [0, 0.1) is 0 Å². The minimum absolute atomic E-state index is 0.0110. The molecule has 92 valence electrons. The van der Waals surface area contributed by atoms with Crippen molar-refractivity contribution in [3.05, 3.63) is 0 Å². The van der Waals surface area contributed by atoms with E-state index < -0.39 is 0 Å². The topological polar surface area (TPSA) is 61.4 Å². The van der Waals surface area contributed by atoms with Crippen molar-refractivity contribution in [1.29, 1.82) is 0 Å². The molecule has 0 aromatic heterocycles. The van der Waals surface area contributed by atoms with Gasteiger partial charge in [-0.2, -0.15) is 0 Å². The van der Waals surface area contributed by atoms with Gasteiger partial charge in [-0.3, -0.25) is 9.59 Å². The number of unbranched alkanes of at least 4 members (excludes halogenated alkanes) is 1. The molecule has 1 aliphatic heterocycles. The van der Waals surface area contributed by atoms with Crippen LogP contribution in [0.5, 0.6) is 0 Å². The minimum atomic E-state index is -0.347. The molecule has 1 unspecified atom stereocenters. The number of hydrogen-bond donors (Lipinski definition) is 2. The number of carbonyl (C=O) groups excluding carboxylic acids is 2. The van der Waals surface area contributed by atoms with Crippen LogP contribution in [0.4, 0.5) is 0 Å². The summed E-state index contributed by atoms with van der Waals surface area (Å²) in [4.78, 5) is 24.9. The fourth-order valence-electron chi connectivity index (χ4n) is 1.69. The van der Waals surface area contributed by atoms with Crippen LogP contribution in [0.15, 0.2) is 0 Å². The summed E-state index contributed by atoms with van der Waals surface area (Å²) >= 11 is 0. The van der Waals surface area contributed by atoms with Crippen LogP contribution in [0.3, 0.4) is 0 Å². The van der Waals surface area contributed by atoms with Gasteiger partial charge in [0.25, 0.3) is 0 Å². The van der Waals surface area contributed by atoms with Crippen molar-refractivity contribution in [2.45, 2.75) is 32.2 Å². The van der Waals surface area contributed by atoms with Gasteiger partial charge in [0, 0.05) is 26.7 Å². The summed E-state index contributed by atoms with van der Waals surface area (Å²) in [5.41, 5.74) is 0. The molecule has 0 radical (unpaired) electrons. The van der Waals surface area contributed by atoms with Crippen molar-refractivity contribution in [3.63, 3.8) is 0 Å². The first-order valence-corrected chi connectivity index (χ1v) is 5.90. The second kappa shape index (κ2) is 6.48. The van der Waals surface area contributed by atoms with Gasteiger partial charge >= 0.3 is 0 Å². The predicted molar refractivity (Wildman–Crippen MR) is 62.0 cm³/mol. The van der Waals surface area contributed by atoms with Crippen LogP contribution in [0.25, 0.3) is 0 Å². The Morgan fingerprint density at radius 2 is 2.38 bits per heavy atom. The van der Waals surface area contributed by atoms with Gasteiger partial charge < -0.3 is 15.5 Å². The number of nitrogens with one attached hydrogen (secondary N) is 2. The third-order valence-corrected chi connectivity index (χ3v) is 2.75. The Labute approximate surface area is 96.6 Å². The lowest BCUT2D eigenvalue weighted by Gasteiger charge is -2.29. The molecule has 0 bridgehead atoms. The summed E-state index contributed by atoms with van der Waals surface area (Å²) in [7, 11) is 1.77. The van der Waals surface area contributed by atoms with E-state index in [-0.39, 0.29) is 24.3 Å². The third-order valence-electron chi connectivity index (χ3n) is 2.75. The van der Waals surface area contributed by atoms with E-state index in [0.717, 1.165) is 19.4 Å².